The van der Waals surface area contributed by atoms with E-state index in [-0.39, 0.29) is 12.1 Å². The highest BCUT2D eigenvalue weighted by molar-refractivity contribution is 5.67. The number of rotatable bonds is 3. The van der Waals surface area contributed by atoms with Crippen LogP contribution in [0.2, 0.25) is 0 Å². The lowest BCUT2D eigenvalue weighted by Gasteiger charge is -2.22. The van der Waals surface area contributed by atoms with Gasteiger partial charge in [-0.1, -0.05) is 30.3 Å². The Bertz CT molecular complexity index is 347. The number of carbonyl (C=O) groups is 1. The predicted molar refractivity (Wildman–Crippen MR) is 63.6 cm³/mol. The maximum atomic E-state index is 11.5. The van der Waals surface area contributed by atoms with Crippen LogP contribution in [0.3, 0.4) is 0 Å². The maximum absolute atomic E-state index is 11.5. The van der Waals surface area contributed by atoms with Crippen LogP contribution in [0, 0.1) is 0 Å². The quantitative estimate of drug-likeness (QED) is 0.872. The molecule has 0 aromatic heterocycles. The van der Waals surface area contributed by atoms with Crippen molar-refractivity contribution in [1.82, 2.24) is 5.32 Å². The highest BCUT2D eigenvalue weighted by Gasteiger charge is 2.16. The van der Waals surface area contributed by atoms with Crippen molar-refractivity contribution in [2.45, 2.75) is 25.5 Å². The molecule has 1 saturated heterocycles. The molecule has 1 fully saturated rings. The van der Waals surface area contributed by atoms with Crippen molar-refractivity contribution in [3.63, 3.8) is 0 Å². The molecule has 2 rings (SSSR count). The number of hydrogen-bond donors (Lipinski definition) is 1. The summed E-state index contributed by atoms with van der Waals surface area (Å²) in [4.78, 5) is 11.5. The van der Waals surface area contributed by atoms with E-state index in [2.05, 4.69) is 5.32 Å². The third-order valence-electron chi connectivity index (χ3n) is 2.70. The van der Waals surface area contributed by atoms with E-state index in [1.165, 1.54) is 0 Å². The standard InChI is InChI=1S/C13H17NO3/c15-13(14-12-7-4-8-16-10-12)17-9-11-5-2-1-3-6-11/h1-3,5-6,12H,4,7-10H2,(H,14,15)/t12-/m1/s1. The normalized spacial score (nSPS) is 19.6. The van der Waals surface area contributed by atoms with Gasteiger partial charge in [0.2, 0.25) is 0 Å². The molecule has 0 aliphatic carbocycles. The van der Waals surface area contributed by atoms with Gasteiger partial charge < -0.3 is 14.8 Å². The molecule has 1 aliphatic rings. The Morgan fingerprint density at radius 2 is 2.24 bits per heavy atom. The smallest absolute Gasteiger partial charge is 0.407 e. The molecule has 1 aliphatic heterocycles. The highest BCUT2D eigenvalue weighted by atomic mass is 16.5. The van der Waals surface area contributed by atoms with E-state index in [1.807, 2.05) is 30.3 Å². The van der Waals surface area contributed by atoms with Gasteiger partial charge in [0.15, 0.2) is 0 Å². The van der Waals surface area contributed by atoms with Gasteiger partial charge in [-0.05, 0) is 18.4 Å². The lowest BCUT2D eigenvalue weighted by atomic mass is 10.1. The van der Waals surface area contributed by atoms with Crippen LogP contribution in [0.4, 0.5) is 4.79 Å². The first kappa shape index (κ1) is 11.9. The third-order valence-corrected chi connectivity index (χ3v) is 2.70. The van der Waals surface area contributed by atoms with Gasteiger partial charge in [-0.3, -0.25) is 0 Å². The Balaban J connectivity index is 1.70. The van der Waals surface area contributed by atoms with Crippen molar-refractivity contribution >= 4 is 6.09 Å². The zero-order valence-electron chi connectivity index (χ0n) is 9.72. The van der Waals surface area contributed by atoms with E-state index in [4.69, 9.17) is 9.47 Å². The van der Waals surface area contributed by atoms with E-state index in [0.717, 1.165) is 25.0 Å². The van der Waals surface area contributed by atoms with Crippen LogP contribution in [0.25, 0.3) is 0 Å². The summed E-state index contributed by atoms with van der Waals surface area (Å²) in [5, 5.41) is 2.80. The van der Waals surface area contributed by atoms with Gasteiger partial charge in [0, 0.05) is 6.61 Å². The van der Waals surface area contributed by atoms with Gasteiger partial charge in [-0.25, -0.2) is 4.79 Å². The fourth-order valence-corrected chi connectivity index (χ4v) is 1.79. The summed E-state index contributed by atoms with van der Waals surface area (Å²) >= 11 is 0. The summed E-state index contributed by atoms with van der Waals surface area (Å²) < 4.78 is 10.4. The Labute approximate surface area is 101 Å². The SMILES string of the molecule is O=C(N[C@@H]1CCCOC1)OCc1ccccc1. The molecule has 1 aromatic carbocycles. The molecule has 17 heavy (non-hydrogen) atoms. The first-order valence-corrected chi connectivity index (χ1v) is 5.89. The van der Waals surface area contributed by atoms with Crippen molar-refractivity contribution in [2.75, 3.05) is 13.2 Å². The number of benzene rings is 1. The molecule has 0 unspecified atom stereocenters. The van der Waals surface area contributed by atoms with E-state index >= 15 is 0 Å². The Morgan fingerprint density at radius 1 is 1.41 bits per heavy atom. The van der Waals surface area contributed by atoms with E-state index in [9.17, 15) is 4.79 Å². The fourth-order valence-electron chi connectivity index (χ4n) is 1.79. The van der Waals surface area contributed by atoms with Crippen LogP contribution in [-0.2, 0) is 16.1 Å². The van der Waals surface area contributed by atoms with Crippen molar-refractivity contribution in [1.29, 1.82) is 0 Å². The minimum atomic E-state index is -0.371. The van der Waals surface area contributed by atoms with Crippen molar-refractivity contribution in [2.24, 2.45) is 0 Å². The fraction of sp³-hybridized carbons (Fsp3) is 0.462. The van der Waals surface area contributed by atoms with Gasteiger partial charge in [0.05, 0.1) is 12.6 Å². The lowest BCUT2D eigenvalue weighted by molar-refractivity contribution is 0.0642. The monoisotopic (exact) mass is 235 g/mol. The van der Waals surface area contributed by atoms with E-state index in [1.54, 1.807) is 0 Å². The molecule has 0 saturated carbocycles. The zero-order valence-corrected chi connectivity index (χ0v) is 9.72. The van der Waals surface area contributed by atoms with Gasteiger partial charge in [0.1, 0.15) is 6.61 Å². The van der Waals surface area contributed by atoms with E-state index in [0.29, 0.717) is 13.2 Å². The molecule has 1 N–H and O–H groups in total. The van der Waals surface area contributed by atoms with Crippen LogP contribution in [0.5, 0.6) is 0 Å². The second-order valence-corrected chi connectivity index (χ2v) is 4.12. The second kappa shape index (κ2) is 6.25. The van der Waals surface area contributed by atoms with Crippen LogP contribution >= 0.6 is 0 Å². The number of amides is 1. The first-order valence-electron chi connectivity index (χ1n) is 5.89. The minimum Gasteiger partial charge on any atom is -0.445 e. The molecular formula is C13H17NO3. The summed E-state index contributed by atoms with van der Waals surface area (Å²) in [6, 6.07) is 9.72. The summed E-state index contributed by atoms with van der Waals surface area (Å²) in [5.41, 5.74) is 0.988. The predicted octanol–water partition coefficient (Wildman–Crippen LogP) is 2.09. The Kier molecular flexibility index (Phi) is 4.38. The topological polar surface area (TPSA) is 47.6 Å². The van der Waals surface area contributed by atoms with Crippen LogP contribution in [0.1, 0.15) is 18.4 Å². The van der Waals surface area contributed by atoms with Gasteiger partial charge in [0.25, 0.3) is 0 Å². The molecule has 1 amide bonds. The Hall–Kier alpha value is -1.55. The number of nitrogens with one attached hydrogen (secondary N) is 1. The molecule has 4 nitrogen and oxygen atoms in total. The van der Waals surface area contributed by atoms with Crippen LogP contribution < -0.4 is 5.32 Å². The Morgan fingerprint density at radius 3 is 2.94 bits per heavy atom. The first-order chi connectivity index (χ1) is 8.34. The molecule has 1 aromatic rings. The molecule has 0 spiro atoms. The molecule has 1 heterocycles. The largest absolute Gasteiger partial charge is 0.445 e. The molecule has 92 valence electrons. The zero-order chi connectivity index (χ0) is 11.9. The van der Waals surface area contributed by atoms with Crippen molar-refractivity contribution < 1.29 is 14.3 Å². The molecule has 4 heteroatoms. The van der Waals surface area contributed by atoms with Crippen molar-refractivity contribution in [3.05, 3.63) is 35.9 Å². The van der Waals surface area contributed by atoms with Gasteiger partial charge >= 0.3 is 6.09 Å². The highest BCUT2D eigenvalue weighted by Crippen LogP contribution is 2.06. The third kappa shape index (κ3) is 4.07. The number of alkyl carbamates (subject to hydrolysis) is 1. The van der Waals surface area contributed by atoms with Gasteiger partial charge in [-0.15, -0.1) is 0 Å². The molecule has 0 bridgehead atoms. The molecule has 1 atom stereocenters. The second-order valence-electron chi connectivity index (χ2n) is 4.12. The minimum absolute atomic E-state index is 0.0898. The van der Waals surface area contributed by atoms with Gasteiger partial charge in [-0.2, -0.15) is 0 Å². The number of ether oxygens (including phenoxy) is 2. The summed E-state index contributed by atoms with van der Waals surface area (Å²) in [6.45, 7) is 1.68. The molecular weight excluding hydrogens is 218 g/mol. The van der Waals surface area contributed by atoms with Crippen LogP contribution in [-0.4, -0.2) is 25.3 Å². The maximum Gasteiger partial charge on any atom is 0.407 e. The lowest BCUT2D eigenvalue weighted by Crippen LogP contribution is -2.40. The average Bonchev–Trinajstić information content (AvgIpc) is 2.39. The summed E-state index contributed by atoms with van der Waals surface area (Å²) in [7, 11) is 0. The number of carbonyl (C=O) groups excluding carboxylic acids is 1. The number of hydrogen-bond acceptors (Lipinski definition) is 3. The summed E-state index contributed by atoms with van der Waals surface area (Å²) in [6.07, 6.45) is 1.58. The summed E-state index contributed by atoms with van der Waals surface area (Å²) in [5.74, 6) is 0. The van der Waals surface area contributed by atoms with Crippen molar-refractivity contribution in [3.8, 4) is 0 Å². The average molecular weight is 235 g/mol. The van der Waals surface area contributed by atoms with Crippen LogP contribution in [0.15, 0.2) is 30.3 Å². The van der Waals surface area contributed by atoms with E-state index < -0.39 is 0 Å². The molecule has 0 radical (unpaired) electrons.